The first kappa shape index (κ1) is 15.9. The van der Waals surface area contributed by atoms with Crippen molar-refractivity contribution in [1.82, 2.24) is 4.57 Å². The highest BCUT2D eigenvalue weighted by Gasteiger charge is 2.13. The molecular weight excluding hydrogens is 326 g/mol. The molecule has 1 aromatic heterocycles. The van der Waals surface area contributed by atoms with E-state index in [1.54, 1.807) is 0 Å². The fourth-order valence-corrected chi connectivity index (χ4v) is 4.06. The van der Waals surface area contributed by atoms with Gasteiger partial charge in [-0.25, -0.2) is 0 Å². The minimum absolute atomic E-state index is 1.20. The van der Waals surface area contributed by atoms with Crippen LogP contribution in [0.25, 0.3) is 38.6 Å². The Morgan fingerprint density at radius 3 is 2.19 bits per heavy atom. The van der Waals surface area contributed by atoms with E-state index >= 15 is 0 Å². The van der Waals surface area contributed by atoms with Crippen molar-refractivity contribution < 1.29 is 0 Å². The lowest BCUT2D eigenvalue weighted by Crippen LogP contribution is -1.93. The van der Waals surface area contributed by atoms with Crippen LogP contribution in [0.5, 0.6) is 0 Å². The van der Waals surface area contributed by atoms with Crippen molar-refractivity contribution in [3.63, 3.8) is 0 Å². The van der Waals surface area contributed by atoms with Gasteiger partial charge in [-0.1, -0.05) is 66.7 Å². The first-order valence-electron chi connectivity index (χ1n) is 9.39. The Kier molecular flexibility index (Phi) is 3.61. The van der Waals surface area contributed by atoms with Crippen LogP contribution in [-0.4, -0.2) is 4.57 Å². The molecule has 5 rings (SSSR count). The van der Waals surface area contributed by atoms with Crippen LogP contribution in [0, 0.1) is 13.8 Å². The summed E-state index contributed by atoms with van der Waals surface area (Å²) in [4.78, 5) is 0. The number of nitrogens with zero attached hydrogens (tertiary/aromatic N) is 1. The van der Waals surface area contributed by atoms with E-state index < -0.39 is 0 Å². The van der Waals surface area contributed by atoms with E-state index in [9.17, 15) is 0 Å². The molecule has 0 unspecified atom stereocenters. The first-order chi connectivity index (χ1) is 13.2. The molecular formula is C26H21N. The zero-order valence-electron chi connectivity index (χ0n) is 15.6. The zero-order valence-corrected chi connectivity index (χ0v) is 15.6. The molecule has 0 aliphatic rings. The third-order valence-electron chi connectivity index (χ3n) is 5.60. The van der Waals surface area contributed by atoms with Crippen LogP contribution in [0.1, 0.15) is 11.1 Å². The summed E-state index contributed by atoms with van der Waals surface area (Å²) in [7, 11) is 0. The predicted molar refractivity (Wildman–Crippen MR) is 116 cm³/mol. The summed E-state index contributed by atoms with van der Waals surface area (Å²) in [5, 5.41) is 2.59. The minimum Gasteiger partial charge on any atom is -0.309 e. The van der Waals surface area contributed by atoms with E-state index in [1.807, 2.05) is 0 Å². The van der Waals surface area contributed by atoms with Crippen LogP contribution in [0.4, 0.5) is 0 Å². The van der Waals surface area contributed by atoms with E-state index in [-0.39, 0.29) is 0 Å². The van der Waals surface area contributed by atoms with Crippen LogP contribution >= 0.6 is 0 Å². The fourth-order valence-electron chi connectivity index (χ4n) is 4.06. The van der Waals surface area contributed by atoms with Crippen molar-refractivity contribution in [1.29, 1.82) is 0 Å². The highest BCUT2D eigenvalue weighted by Crippen LogP contribution is 2.35. The van der Waals surface area contributed by atoms with Gasteiger partial charge in [0.05, 0.1) is 11.0 Å². The summed E-state index contributed by atoms with van der Waals surface area (Å²) in [5.41, 5.74) is 8.94. The Balaban J connectivity index is 1.87. The molecule has 0 aliphatic carbocycles. The maximum absolute atomic E-state index is 2.37. The minimum atomic E-state index is 1.20. The van der Waals surface area contributed by atoms with E-state index in [2.05, 4.69) is 109 Å². The van der Waals surface area contributed by atoms with Gasteiger partial charge in [-0.2, -0.15) is 0 Å². The Morgan fingerprint density at radius 1 is 0.593 bits per heavy atom. The van der Waals surface area contributed by atoms with Crippen molar-refractivity contribution >= 4 is 21.8 Å². The number of aromatic nitrogens is 1. The van der Waals surface area contributed by atoms with Crippen molar-refractivity contribution in [3.05, 3.63) is 102 Å². The second-order valence-corrected chi connectivity index (χ2v) is 7.17. The number of aryl methyl sites for hydroxylation is 1. The third-order valence-corrected chi connectivity index (χ3v) is 5.60. The number of benzene rings is 4. The van der Waals surface area contributed by atoms with Crippen molar-refractivity contribution in [3.8, 4) is 16.8 Å². The van der Waals surface area contributed by atoms with E-state index in [1.165, 1.54) is 49.7 Å². The van der Waals surface area contributed by atoms with Gasteiger partial charge in [0, 0.05) is 16.5 Å². The zero-order chi connectivity index (χ0) is 18.4. The van der Waals surface area contributed by atoms with Gasteiger partial charge in [-0.05, 0) is 60.4 Å². The van der Waals surface area contributed by atoms with E-state index in [0.29, 0.717) is 0 Å². The smallest absolute Gasteiger partial charge is 0.0547 e. The molecule has 1 heterocycles. The summed E-state index contributed by atoms with van der Waals surface area (Å²) in [6, 6.07) is 32.7. The molecule has 0 atom stereocenters. The molecule has 0 aliphatic heterocycles. The number of fused-ring (bicyclic) bond motifs is 3. The van der Waals surface area contributed by atoms with Crippen molar-refractivity contribution in [2.24, 2.45) is 0 Å². The number of hydrogen-bond donors (Lipinski definition) is 0. The largest absolute Gasteiger partial charge is 0.309 e. The molecule has 0 bridgehead atoms. The lowest BCUT2D eigenvalue weighted by atomic mass is 9.96. The van der Waals surface area contributed by atoms with E-state index in [4.69, 9.17) is 0 Å². The normalized spacial score (nSPS) is 11.3. The molecule has 1 nitrogen and oxygen atoms in total. The molecule has 0 spiro atoms. The molecule has 27 heavy (non-hydrogen) atoms. The van der Waals surface area contributed by atoms with Crippen LogP contribution < -0.4 is 0 Å². The molecule has 0 N–H and O–H groups in total. The molecule has 0 fully saturated rings. The standard InChI is InChI=1S/C26H21N/c1-18-9-8-13-22(19(18)2)20-15-16-24-23-12-6-7-14-25(23)27(26(24)17-20)21-10-4-3-5-11-21/h3-17H,1-2H3. The van der Waals surface area contributed by atoms with E-state index in [0.717, 1.165) is 0 Å². The monoisotopic (exact) mass is 347 g/mol. The summed E-state index contributed by atoms with van der Waals surface area (Å²) < 4.78 is 2.37. The van der Waals surface area contributed by atoms with Gasteiger partial charge >= 0.3 is 0 Å². The summed E-state index contributed by atoms with van der Waals surface area (Å²) in [6.07, 6.45) is 0. The van der Waals surface area contributed by atoms with Crippen molar-refractivity contribution in [2.75, 3.05) is 0 Å². The number of hydrogen-bond acceptors (Lipinski definition) is 0. The van der Waals surface area contributed by atoms with Crippen LogP contribution in [0.3, 0.4) is 0 Å². The Hall–Kier alpha value is -3.32. The Bertz CT molecular complexity index is 1280. The van der Waals surface area contributed by atoms with Gasteiger partial charge < -0.3 is 4.57 Å². The second-order valence-electron chi connectivity index (χ2n) is 7.17. The maximum Gasteiger partial charge on any atom is 0.0547 e. The lowest BCUT2D eigenvalue weighted by molar-refractivity contribution is 1.18. The summed E-state index contributed by atoms with van der Waals surface area (Å²) in [5.74, 6) is 0. The van der Waals surface area contributed by atoms with Crippen LogP contribution in [0.2, 0.25) is 0 Å². The maximum atomic E-state index is 2.37. The quantitative estimate of drug-likeness (QED) is 0.322. The third kappa shape index (κ3) is 2.47. The molecule has 0 saturated carbocycles. The molecule has 0 amide bonds. The topological polar surface area (TPSA) is 4.93 Å². The average Bonchev–Trinajstić information content (AvgIpc) is 3.04. The number of rotatable bonds is 2. The highest BCUT2D eigenvalue weighted by atomic mass is 15.0. The molecule has 5 aromatic rings. The van der Waals surface area contributed by atoms with Crippen LogP contribution in [0.15, 0.2) is 91.0 Å². The highest BCUT2D eigenvalue weighted by molar-refractivity contribution is 6.10. The molecule has 0 radical (unpaired) electrons. The van der Waals surface area contributed by atoms with Gasteiger partial charge in [0.2, 0.25) is 0 Å². The van der Waals surface area contributed by atoms with Gasteiger partial charge in [0.1, 0.15) is 0 Å². The predicted octanol–water partition coefficient (Wildman–Crippen LogP) is 7.07. The summed E-state index contributed by atoms with van der Waals surface area (Å²) >= 11 is 0. The second kappa shape index (κ2) is 6.14. The Morgan fingerprint density at radius 2 is 1.33 bits per heavy atom. The number of para-hydroxylation sites is 2. The fraction of sp³-hybridized carbons (Fsp3) is 0.0769. The molecule has 4 aromatic carbocycles. The van der Waals surface area contributed by atoms with Gasteiger partial charge in [0.15, 0.2) is 0 Å². The van der Waals surface area contributed by atoms with Gasteiger partial charge in [-0.15, -0.1) is 0 Å². The first-order valence-corrected chi connectivity index (χ1v) is 9.39. The summed E-state index contributed by atoms with van der Waals surface area (Å²) in [6.45, 7) is 4.39. The lowest BCUT2D eigenvalue weighted by Gasteiger charge is -2.11. The van der Waals surface area contributed by atoms with Gasteiger partial charge in [-0.3, -0.25) is 0 Å². The molecule has 0 saturated heterocycles. The molecule has 130 valence electrons. The Labute approximate surface area is 159 Å². The molecule has 1 heteroatoms. The van der Waals surface area contributed by atoms with Crippen molar-refractivity contribution in [2.45, 2.75) is 13.8 Å². The van der Waals surface area contributed by atoms with Gasteiger partial charge in [0.25, 0.3) is 0 Å². The SMILES string of the molecule is Cc1cccc(-c2ccc3c4ccccc4n(-c4ccccc4)c3c2)c1C. The average molecular weight is 347 g/mol. The van der Waals surface area contributed by atoms with Crippen LogP contribution in [-0.2, 0) is 0 Å².